The van der Waals surface area contributed by atoms with Crippen LogP contribution in [0.1, 0.15) is 110 Å². The van der Waals surface area contributed by atoms with Gasteiger partial charge in [-0.15, -0.1) is 0 Å². The van der Waals surface area contributed by atoms with E-state index >= 15 is 0 Å². The van der Waals surface area contributed by atoms with Crippen LogP contribution in [0.15, 0.2) is 0 Å². The second-order valence-electron chi connectivity index (χ2n) is 6.07. The van der Waals surface area contributed by atoms with E-state index in [2.05, 4.69) is 6.92 Å². The summed E-state index contributed by atoms with van der Waals surface area (Å²) in [6.07, 6.45) is 19.9. The Morgan fingerprint density at radius 2 is 0.909 bits per heavy atom. The van der Waals surface area contributed by atoms with Crippen molar-refractivity contribution in [2.75, 3.05) is 0 Å². The van der Waals surface area contributed by atoms with Crippen molar-refractivity contribution in [3.05, 3.63) is 0 Å². The molecule has 0 bridgehead atoms. The van der Waals surface area contributed by atoms with Crippen LogP contribution in [-0.2, 0) is 24.3 Å². The smallest absolute Gasteiger partial charge is 0.550 e. The summed E-state index contributed by atoms with van der Waals surface area (Å²) in [7, 11) is 0. The third-order valence-corrected chi connectivity index (χ3v) is 3.98. The molecule has 0 saturated carbocycles. The molecule has 0 aliphatic rings. The third-order valence-electron chi connectivity index (χ3n) is 3.98. The van der Waals surface area contributed by atoms with Crippen molar-refractivity contribution in [3.8, 4) is 0 Å². The maximum absolute atomic E-state index is 10.2. The number of hydrogen-bond donors (Lipinski definition) is 0. The second-order valence-corrected chi connectivity index (χ2v) is 6.07. The molecule has 0 aliphatic carbocycles. The van der Waals surface area contributed by atoms with Gasteiger partial charge in [0.2, 0.25) is 0 Å². The third kappa shape index (κ3) is 26.3. The molecule has 0 aromatic heterocycles. The zero-order chi connectivity index (χ0) is 14.9. The molecule has 0 atom stereocenters. The van der Waals surface area contributed by atoms with E-state index < -0.39 is 5.97 Å². The fourth-order valence-electron chi connectivity index (χ4n) is 2.64. The van der Waals surface area contributed by atoms with Crippen LogP contribution in [0.3, 0.4) is 0 Å². The molecule has 0 fully saturated rings. The standard InChI is InChI=1S/C18H36O2.Ca.Zn/c1-2-3-4-5-6-7-8-9-10-11-12-13-14-15-16-17-18(19)20;;/h2-17H2,1H3,(H,19,20);;/q;2*+2/p-1. The normalized spacial score (nSPS) is 9.86. The predicted octanol–water partition coefficient (Wildman–Crippen LogP) is 4.61. The molecule has 0 spiro atoms. The summed E-state index contributed by atoms with van der Waals surface area (Å²) < 4.78 is 0. The van der Waals surface area contributed by atoms with Crippen molar-refractivity contribution in [3.63, 3.8) is 0 Å². The van der Waals surface area contributed by atoms with Crippen LogP contribution in [0.5, 0.6) is 0 Å². The Morgan fingerprint density at radius 1 is 0.636 bits per heavy atom. The van der Waals surface area contributed by atoms with Crippen molar-refractivity contribution < 1.29 is 29.4 Å². The average Bonchev–Trinajstić information content (AvgIpc) is 2.43. The zero-order valence-corrected chi connectivity index (χ0v) is 20.2. The summed E-state index contributed by atoms with van der Waals surface area (Å²) in [6.45, 7) is 2.27. The molecule has 0 heterocycles. The van der Waals surface area contributed by atoms with Crippen molar-refractivity contribution in [2.24, 2.45) is 0 Å². The Labute approximate surface area is 181 Å². The number of unbranched alkanes of at least 4 members (excludes halogenated alkanes) is 14. The fourth-order valence-corrected chi connectivity index (χ4v) is 2.64. The van der Waals surface area contributed by atoms with Gasteiger partial charge in [0, 0.05) is 5.97 Å². The predicted molar refractivity (Wildman–Crippen MR) is 90.3 cm³/mol. The monoisotopic (exact) mass is 387 g/mol. The number of carboxylic acid groups (broad SMARTS) is 1. The van der Waals surface area contributed by atoms with E-state index in [0.29, 0.717) is 0 Å². The molecule has 0 aliphatic heterocycles. The molecule has 0 aromatic rings. The number of carbonyl (C=O) groups excluding carboxylic acids is 1. The maximum Gasteiger partial charge on any atom is 2.00 e. The molecule has 4 heteroatoms. The fraction of sp³-hybridized carbons (Fsp3) is 0.944. The summed E-state index contributed by atoms with van der Waals surface area (Å²) >= 11 is 0. The molecule has 0 aromatic carbocycles. The first-order valence-corrected chi connectivity index (χ1v) is 8.97. The van der Waals surface area contributed by atoms with Crippen LogP contribution in [0, 0.1) is 0 Å². The Hall–Kier alpha value is 1.35. The van der Waals surface area contributed by atoms with Crippen molar-refractivity contribution in [1.29, 1.82) is 0 Å². The van der Waals surface area contributed by atoms with Gasteiger partial charge in [0.1, 0.15) is 0 Å². The molecule has 0 unspecified atom stereocenters. The number of carbonyl (C=O) groups is 1. The number of aliphatic carboxylic acids is 1. The van der Waals surface area contributed by atoms with Crippen LogP contribution in [0.4, 0.5) is 0 Å². The van der Waals surface area contributed by atoms with Gasteiger partial charge in [0.25, 0.3) is 0 Å². The average molecular weight is 389 g/mol. The van der Waals surface area contributed by atoms with E-state index in [4.69, 9.17) is 0 Å². The van der Waals surface area contributed by atoms with E-state index in [-0.39, 0.29) is 63.6 Å². The van der Waals surface area contributed by atoms with Crippen LogP contribution in [0.2, 0.25) is 0 Å². The van der Waals surface area contributed by atoms with Gasteiger partial charge in [-0.1, -0.05) is 96.8 Å². The topological polar surface area (TPSA) is 40.1 Å². The molecular weight excluding hydrogens is 354 g/mol. The SMILES string of the molecule is CCCCCCCCCCCCCCCCCC(=O)[O-].[Ca+2].[Zn+2]. The van der Waals surface area contributed by atoms with E-state index in [1.165, 1.54) is 83.5 Å². The minimum Gasteiger partial charge on any atom is -0.550 e. The summed E-state index contributed by atoms with van der Waals surface area (Å²) in [5, 5.41) is 10.2. The van der Waals surface area contributed by atoms with Gasteiger partial charge in [0.05, 0.1) is 0 Å². The van der Waals surface area contributed by atoms with E-state index in [1.54, 1.807) is 0 Å². The summed E-state index contributed by atoms with van der Waals surface area (Å²) in [6, 6.07) is 0. The minimum absolute atomic E-state index is 0. The summed E-state index contributed by atoms with van der Waals surface area (Å²) in [5.41, 5.74) is 0. The Bertz CT molecular complexity index is 213. The molecule has 0 amide bonds. The molecule has 0 N–H and O–H groups in total. The molecular formula is C18H35CaO2Zn+3. The van der Waals surface area contributed by atoms with E-state index in [1.807, 2.05) is 0 Å². The number of rotatable bonds is 16. The van der Waals surface area contributed by atoms with Crippen molar-refractivity contribution in [1.82, 2.24) is 0 Å². The maximum atomic E-state index is 10.2. The van der Waals surface area contributed by atoms with Gasteiger partial charge < -0.3 is 9.90 Å². The van der Waals surface area contributed by atoms with Crippen LogP contribution < -0.4 is 5.11 Å². The van der Waals surface area contributed by atoms with Gasteiger partial charge in [-0.25, -0.2) is 0 Å². The van der Waals surface area contributed by atoms with Gasteiger partial charge in [0.15, 0.2) is 0 Å². The van der Waals surface area contributed by atoms with Gasteiger partial charge in [-0.05, 0) is 12.8 Å². The molecule has 2 nitrogen and oxygen atoms in total. The van der Waals surface area contributed by atoms with Crippen LogP contribution in [0.25, 0.3) is 0 Å². The molecule has 22 heavy (non-hydrogen) atoms. The van der Waals surface area contributed by atoms with E-state index in [9.17, 15) is 9.90 Å². The van der Waals surface area contributed by atoms with E-state index in [0.717, 1.165) is 12.8 Å². The Morgan fingerprint density at radius 3 is 1.18 bits per heavy atom. The summed E-state index contributed by atoms with van der Waals surface area (Å²) in [4.78, 5) is 10.2. The Balaban J connectivity index is -0.00000180. The minimum atomic E-state index is -0.903. The van der Waals surface area contributed by atoms with Gasteiger partial charge in [-0.3, -0.25) is 0 Å². The van der Waals surface area contributed by atoms with Gasteiger partial charge in [-0.2, -0.15) is 0 Å². The Kier molecular flexibility index (Phi) is 31.5. The van der Waals surface area contributed by atoms with Crippen LogP contribution in [-0.4, -0.2) is 43.7 Å². The molecule has 0 saturated heterocycles. The molecule has 0 rings (SSSR count). The summed E-state index contributed by atoms with van der Waals surface area (Å²) in [5.74, 6) is -0.903. The first kappa shape index (κ1) is 28.2. The first-order valence-electron chi connectivity index (χ1n) is 8.97. The van der Waals surface area contributed by atoms with Crippen LogP contribution >= 0.6 is 0 Å². The van der Waals surface area contributed by atoms with Crippen molar-refractivity contribution in [2.45, 2.75) is 110 Å². The zero-order valence-electron chi connectivity index (χ0n) is 15.0. The number of carboxylic acids is 1. The van der Waals surface area contributed by atoms with Crippen molar-refractivity contribution >= 4 is 43.7 Å². The number of hydrogen-bond acceptors (Lipinski definition) is 2. The first-order chi connectivity index (χ1) is 9.77. The largest absolute Gasteiger partial charge is 2.00 e. The molecule has 120 valence electrons. The quantitative estimate of drug-likeness (QED) is 0.286. The van der Waals surface area contributed by atoms with Gasteiger partial charge >= 0.3 is 57.2 Å². The molecule has 0 radical (unpaired) electrons. The second kappa shape index (κ2) is 24.6.